The van der Waals surface area contributed by atoms with Crippen LogP contribution in [0, 0.1) is 0 Å². The first-order valence-electron chi connectivity index (χ1n) is 17.6. The number of aromatic amines is 1. The fraction of sp³-hybridized carbons (Fsp3) is 0.528. The smallest absolute Gasteiger partial charge is 0.390 e. The molecule has 2 saturated heterocycles. The summed E-state index contributed by atoms with van der Waals surface area (Å²) >= 11 is 6.36. The van der Waals surface area contributed by atoms with E-state index < -0.39 is 27.9 Å². The van der Waals surface area contributed by atoms with Crippen molar-refractivity contribution in [1.82, 2.24) is 28.9 Å². The first-order chi connectivity index (χ1) is 24.3. The SMILES string of the molecule is CS(=O)(=O)N1CCc2c(c(-c3ccc(C(F)(F)F)cc3)nn2CC(O)CN2CCC(c3c(CCN4CCOCC4)[nH]c4cc(Cl)ccc34)CC2)C1. The molecule has 0 bridgehead atoms. The van der Waals surface area contributed by atoms with Crippen molar-refractivity contribution in [3.8, 4) is 11.3 Å². The number of aliphatic hydroxyl groups is 1. The zero-order valence-electron chi connectivity index (χ0n) is 28.6. The number of fused-ring (bicyclic) bond motifs is 2. The molecule has 1 atom stereocenters. The largest absolute Gasteiger partial charge is 0.416 e. The van der Waals surface area contributed by atoms with Crippen molar-refractivity contribution in [3.63, 3.8) is 0 Å². The van der Waals surface area contributed by atoms with E-state index in [-0.39, 0.29) is 19.6 Å². The van der Waals surface area contributed by atoms with Crippen LogP contribution in [0.1, 0.15) is 46.8 Å². The van der Waals surface area contributed by atoms with Gasteiger partial charge in [-0.3, -0.25) is 9.58 Å². The third-order valence-corrected chi connectivity index (χ3v) is 12.1. The van der Waals surface area contributed by atoms with Crippen LogP contribution in [0.4, 0.5) is 13.2 Å². The molecular formula is C36H44ClF3N6O4S. The molecule has 2 N–H and O–H groups in total. The van der Waals surface area contributed by atoms with Crippen LogP contribution < -0.4 is 0 Å². The topological polar surface area (TPSA) is 107 Å². The fourth-order valence-electron chi connectivity index (χ4n) is 7.91. The molecule has 3 aliphatic rings. The summed E-state index contributed by atoms with van der Waals surface area (Å²) in [6.45, 7) is 7.00. The van der Waals surface area contributed by atoms with Crippen LogP contribution in [0.3, 0.4) is 0 Å². The lowest BCUT2D eigenvalue weighted by molar-refractivity contribution is -0.137. The van der Waals surface area contributed by atoms with Crippen LogP contribution >= 0.6 is 11.6 Å². The molecule has 10 nitrogen and oxygen atoms in total. The number of halogens is 4. The lowest BCUT2D eigenvalue weighted by Crippen LogP contribution is -2.40. The van der Waals surface area contributed by atoms with Crippen molar-refractivity contribution in [1.29, 1.82) is 0 Å². The van der Waals surface area contributed by atoms with Gasteiger partial charge in [0, 0.05) is 90.6 Å². The van der Waals surface area contributed by atoms with Gasteiger partial charge in [0.05, 0.1) is 43.4 Å². The molecule has 0 radical (unpaired) electrons. The normalized spacial score (nSPS) is 19.5. The van der Waals surface area contributed by atoms with Crippen molar-refractivity contribution in [3.05, 3.63) is 75.6 Å². The highest BCUT2D eigenvalue weighted by Gasteiger charge is 2.33. The minimum atomic E-state index is -4.47. The molecule has 5 heterocycles. The van der Waals surface area contributed by atoms with Crippen LogP contribution in [-0.2, 0) is 46.9 Å². The Kier molecular flexibility index (Phi) is 10.6. The molecule has 3 aliphatic heterocycles. The molecule has 15 heteroatoms. The van der Waals surface area contributed by atoms with E-state index in [9.17, 15) is 26.7 Å². The van der Waals surface area contributed by atoms with Gasteiger partial charge in [-0.2, -0.15) is 22.6 Å². The molecule has 7 rings (SSSR count). The summed E-state index contributed by atoms with van der Waals surface area (Å²) in [6, 6.07) is 10.8. The van der Waals surface area contributed by atoms with Crippen LogP contribution in [0.2, 0.25) is 5.02 Å². The maximum absolute atomic E-state index is 13.3. The first-order valence-corrected chi connectivity index (χ1v) is 19.8. The van der Waals surface area contributed by atoms with E-state index >= 15 is 0 Å². The van der Waals surface area contributed by atoms with E-state index in [2.05, 4.69) is 20.9 Å². The van der Waals surface area contributed by atoms with Gasteiger partial charge in [0.25, 0.3) is 0 Å². The quantitative estimate of drug-likeness (QED) is 0.232. The monoisotopic (exact) mass is 748 g/mol. The predicted octanol–water partition coefficient (Wildman–Crippen LogP) is 5.14. The predicted molar refractivity (Wildman–Crippen MR) is 190 cm³/mol. The van der Waals surface area contributed by atoms with Crippen molar-refractivity contribution >= 4 is 32.5 Å². The Morgan fingerprint density at radius 2 is 1.75 bits per heavy atom. The van der Waals surface area contributed by atoms with E-state index in [0.717, 1.165) is 94.8 Å². The number of hydrogen-bond acceptors (Lipinski definition) is 7. The fourth-order valence-corrected chi connectivity index (χ4v) is 8.87. The van der Waals surface area contributed by atoms with Gasteiger partial charge in [-0.05, 0) is 61.7 Å². The number of rotatable bonds is 10. The van der Waals surface area contributed by atoms with E-state index in [1.807, 2.05) is 12.1 Å². The van der Waals surface area contributed by atoms with Crippen LogP contribution in [-0.4, -0.2) is 114 Å². The van der Waals surface area contributed by atoms with E-state index in [4.69, 9.17) is 21.4 Å². The molecule has 2 fully saturated rings. The molecule has 0 saturated carbocycles. The van der Waals surface area contributed by atoms with Gasteiger partial charge < -0.3 is 19.7 Å². The zero-order valence-corrected chi connectivity index (χ0v) is 30.2. The number of sulfonamides is 1. The van der Waals surface area contributed by atoms with E-state index in [1.165, 1.54) is 33.1 Å². The van der Waals surface area contributed by atoms with Crippen molar-refractivity contribution in [2.75, 3.05) is 65.3 Å². The molecule has 2 aromatic heterocycles. The van der Waals surface area contributed by atoms with Crippen molar-refractivity contribution in [2.45, 2.75) is 57.0 Å². The number of nitrogens with zero attached hydrogens (tertiary/aromatic N) is 5. The summed E-state index contributed by atoms with van der Waals surface area (Å²) in [5.41, 5.74) is 5.28. The zero-order chi connectivity index (χ0) is 35.9. The maximum atomic E-state index is 13.3. The second-order valence-corrected chi connectivity index (χ2v) is 16.4. The molecule has 0 spiro atoms. The van der Waals surface area contributed by atoms with E-state index in [0.29, 0.717) is 40.7 Å². The number of likely N-dealkylation sites (tertiary alicyclic amines) is 1. The van der Waals surface area contributed by atoms with Gasteiger partial charge in [0.15, 0.2) is 0 Å². The van der Waals surface area contributed by atoms with Gasteiger partial charge >= 0.3 is 6.18 Å². The van der Waals surface area contributed by atoms with Gasteiger partial charge in [-0.25, -0.2) is 8.42 Å². The minimum Gasteiger partial charge on any atom is -0.390 e. The molecule has 2 aromatic carbocycles. The number of β-amino-alcohol motifs (C(OH)–C–C–N with tert-alkyl or cyclic N) is 1. The highest BCUT2D eigenvalue weighted by molar-refractivity contribution is 7.88. The van der Waals surface area contributed by atoms with Gasteiger partial charge in [0.2, 0.25) is 10.0 Å². The molecule has 1 unspecified atom stereocenters. The number of aromatic nitrogens is 3. The number of nitrogens with one attached hydrogen (secondary N) is 1. The van der Waals surface area contributed by atoms with Crippen molar-refractivity contribution in [2.24, 2.45) is 0 Å². The third kappa shape index (κ3) is 8.17. The molecule has 4 aromatic rings. The van der Waals surface area contributed by atoms with Crippen LogP contribution in [0.25, 0.3) is 22.2 Å². The second-order valence-electron chi connectivity index (χ2n) is 14.0. The number of benzene rings is 2. The van der Waals surface area contributed by atoms with Gasteiger partial charge in [-0.1, -0.05) is 29.8 Å². The highest BCUT2D eigenvalue weighted by atomic mass is 35.5. The molecular weight excluding hydrogens is 705 g/mol. The van der Waals surface area contributed by atoms with Crippen LogP contribution in [0.5, 0.6) is 0 Å². The van der Waals surface area contributed by atoms with Crippen molar-refractivity contribution < 1.29 is 31.4 Å². The third-order valence-electron chi connectivity index (χ3n) is 10.6. The summed E-state index contributed by atoms with van der Waals surface area (Å²) in [4.78, 5) is 8.40. The number of morpholine rings is 1. The number of ether oxygens (including phenoxy) is 1. The highest BCUT2D eigenvalue weighted by Crippen LogP contribution is 2.38. The summed E-state index contributed by atoms with van der Waals surface area (Å²) < 4.78 is 73.2. The minimum absolute atomic E-state index is 0.0720. The number of piperidine rings is 1. The molecule has 0 aliphatic carbocycles. The van der Waals surface area contributed by atoms with E-state index in [1.54, 1.807) is 4.68 Å². The Morgan fingerprint density at radius 3 is 2.43 bits per heavy atom. The Labute approximate surface area is 301 Å². The Hall–Kier alpha value is -2.98. The molecule has 51 heavy (non-hydrogen) atoms. The number of H-pyrrole nitrogens is 1. The average Bonchev–Trinajstić information content (AvgIpc) is 3.64. The lowest BCUT2D eigenvalue weighted by Gasteiger charge is -2.34. The second kappa shape index (κ2) is 14.8. The number of alkyl halides is 3. The Bertz CT molecular complexity index is 1950. The Balaban J connectivity index is 1.04. The van der Waals surface area contributed by atoms with Gasteiger partial charge in [-0.15, -0.1) is 0 Å². The van der Waals surface area contributed by atoms with Crippen LogP contribution in [0.15, 0.2) is 42.5 Å². The maximum Gasteiger partial charge on any atom is 0.416 e. The summed E-state index contributed by atoms with van der Waals surface area (Å²) in [5.74, 6) is 0.371. The standard InChI is InChI=1S/C36H44ClF3N6O4S/c1-51(48,49)45-15-11-33-30(23-45)35(25-2-4-26(5-3-25)36(38,39)40)42-46(33)22-28(47)21-44-12-8-24(9-13-44)34-29-7-6-27(37)20-32(29)41-31(34)10-14-43-16-18-50-19-17-43/h2-7,20,24,28,41,47H,8-19,21-23H2,1H3. The number of aliphatic hydroxyl groups excluding tert-OH is 1. The first kappa shape index (κ1) is 36.4. The summed E-state index contributed by atoms with van der Waals surface area (Å²) in [7, 11) is -3.50. The van der Waals surface area contributed by atoms with Gasteiger partial charge in [0.1, 0.15) is 0 Å². The average molecular weight is 749 g/mol. The number of hydrogen-bond donors (Lipinski definition) is 2. The lowest BCUT2D eigenvalue weighted by atomic mass is 9.86. The Morgan fingerprint density at radius 1 is 1.02 bits per heavy atom. The summed E-state index contributed by atoms with van der Waals surface area (Å²) in [6.07, 6.45) is -0.875. The summed E-state index contributed by atoms with van der Waals surface area (Å²) in [5, 5.41) is 18.0. The molecule has 276 valence electrons. The molecule has 0 amide bonds.